The van der Waals surface area contributed by atoms with Gasteiger partial charge in [-0.1, -0.05) is 6.42 Å². The molecule has 0 N–H and O–H groups in total. The predicted molar refractivity (Wildman–Crippen MR) is 79.0 cm³/mol. The predicted octanol–water partition coefficient (Wildman–Crippen LogP) is 2.90. The summed E-state index contributed by atoms with van der Waals surface area (Å²) in [4.78, 5) is 4.99. The summed E-state index contributed by atoms with van der Waals surface area (Å²) in [6.07, 6.45) is 5.10. The first-order chi connectivity index (χ1) is 9.78. The number of ether oxygens (including phenoxy) is 1. The lowest BCUT2D eigenvalue weighted by Crippen LogP contribution is -2.44. The Balaban J connectivity index is 1.82. The highest BCUT2D eigenvalue weighted by Crippen LogP contribution is 2.31. The molecule has 2 aliphatic rings. The quantitative estimate of drug-likeness (QED) is 0.827. The summed E-state index contributed by atoms with van der Waals surface area (Å²) >= 11 is 0. The van der Waals surface area contributed by atoms with Gasteiger partial charge in [-0.2, -0.15) is 0 Å². The largest absolute Gasteiger partial charge is 0.494 e. The normalized spacial score (nSPS) is 24.1. The van der Waals surface area contributed by atoms with Gasteiger partial charge in [-0.25, -0.2) is 4.39 Å². The Kier molecular flexibility index (Phi) is 4.10. The summed E-state index contributed by atoms with van der Waals surface area (Å²) < 4.78 is 18.7. The summed E-state index contributed by atoms with van der Waals surface area (Å²) in [6, 6.07) is 5.51. The molecule has 0 aromatic heterocycles. The minimum absolute atomic E-state index is 0.236. The molecular weight excluding hydrogens is 255 g/mol. The van der Waals surface area contributed by atoms with Crippen molar-refractivity contribution in [1.82, 2.24) is 4.90 Å². The van der Waals surface area contributed by atoms with Crippen molar-refractivity contribution >= 4 is 5.69 Å². The van der Waals surface area contributed by atoms with Crippen LogP contribution in [-0.4, -0.2) is 44.2 Å². The van der Waals surface area contributed by atoms with Crippen molar-refractivity contribution in [2.45, 2.75) is 31.7 Å². The highest BCUT2D eigenvalue weighted by atomic mass is 19.1. The molecule has 1 unspecified atom stereocenters. The monoisotopic (exact) mass is 278 g/mol. The highest BCUT2D eigenvalue weighted by Gasteiger charge is 2.28. The lowest BCUT2D eigenvalue weighted by Gasteiger charge is -2.36. The van der Waals surface area contributed by atoms with Gasteiger partial charge < -0.3 is 9.64 Å². The molecule has 1 aromatic carbocycles. The van der Waals surface area contributed by atoms with Crippen LogP contribution in [0.3, 0.4) is 0 Å². The summed E-state index contributed by atoms with van der Waals surface area (Å²) in [7, 11) is 1.61. The average molecular weight is 278 g/mol. The second kappa shape index (κ2) is 6.00. The lowest BCUT2D eigenvalue weighted by molar-refractivity contribution is 0.162. The zero-order valence-electron chi connectivity index (χ0n) is 12.1. The molecule has 0 radical (unpaired) electrons. The number of halogens is 1. The summed E-state index contributed by atoms with van der Waals surface area (Å²) in [5.74, 6) is 0.411. The zero-order valence-corrected chi connectivity index (χ0v) is 12.1. The van der Waals surface area contributed by atoms with Crippen molar-refractivity contribution in [2.24, 2.45) is 0 Å². The van der Waals surface area contributed by atoms with E-state index in [1.807, 2.05) is 6.07 Å². The van der Waals surface area contributed by atoms with Gasteiger partial charge in [0.1, 0.15) is 11.6 Å². The van der Waals surface area contributed by atoms with Crippen molar-refractivity contribution in [3.63, 3.8) is 0 Å². The Morgan fingerprint density at radius 2 is 2.00 bits per heavy atom. The third-order valence-electron chi connectivity index (χ3n) is 4.54. The van der Waals surface area contributed by atoms with Crippen LogP contribution in [0.4, 0.5) is 10.1 Å². The maximum absolute atomic E-state index is 13.3. The van der Waals surface area contributed by atoms with E-state index >= 15 is 0 Å². The second-order valence-electron chi connectivity index (χ2n) is 5.80. The number of anilines is 1. The van der Waals surface area contributed by atoms with Crippen LogP contribution >= 0.6 is 0 Å². The molecule has 4 heteroatoms. The van der Waals surface area contributed by atoms with E-state index in [4.69, 9.17) is 4.74 Å². The minimum atomic E-state index is -0.236. The number of benzene rings is 1. The first kappa shape index (κ1) is 13.7. The fraction of sp³-hybridized carbons (Fsp3) is 0.625. The SMILES string of the molecule is COc1cc(F)ccc1N1CCCN2CCCCC2C1. The van der Waals surface area contributed by atoms with Crippen LogP contribution in [0.25, 0.3) is 0 Å². The van der Waals surface area contributed by atoms with Gasteiger partial charge in [0.2, 0.25) is 0 Å². The molecule has 3 rings (SSSR count). The molecule has 0 amide bonds. The molecular formula is C16H23FN2O. The number of methoxy groups -OCH3 is 1. The van der Waals surface area contributed by atoms with Gasteiger partial charge in [0.05, 0.1) is 12.8 Å². The second-order valence-corrected chi connectivity index (χ2v) is 5.80. The molecule has 2 heterocycles. The van der Waals surface area contributed by atoms with E-state index < -0.39 is 0 Å². The molecule has 3 nitrogen and oxygen atoms in total. The van der Waals surface area contributed by atoms with E-state index in [9.17, 15) is 4.39 Å². The van der Waals surface area contributed by atoms with Crippen LogP contribution in [0.15, 0.2) is 18.2 Å². The summed E-state index contributed by atoms with van der Waals surface area (Å²) in [5, 5.41) is 0. The number of rotatable bonds is 2. The first-order valence-electron chi connectivity index (χ1n) is 7.60. The Morgan fingerprint density at radius 1 is 1.15 bits per heavy atom. The molecule has 2 aliphatic heterocycles. The van der Waals surface area contributed by atoms with Crippen LogP contribution in [-0.2, 0) is 0 Å². The fourth-order valence-corrected chi connectivity index (χ4v) is 3.50. The number of fused-ring (bicyclic) bond motifs is 1. The van der Waals surface area contributed by atoms with Crippen molar-refractivity contribution < 1.29 is 9.13 Å². The van der Waals surface area contributed by atoms with E-state index in [0.29, 0.717) is 11.8 Å². The van der Waals surface area contributed by atoms with Gasteiger partial charge >= 0.3 is 0 Å². The van der Waals surface area contributed by atoms with E-state index in [-0.39, 0.29) is 5.82 Å². The maximum atomic E-state index is 13.3. The Bertz CT molecular complexity index is 466. The highest BCUT2D eigenvalue weighted by molar-refractivity contribution is 5.58. The van der Waals surface area contributed by atoms with Gasteiger partial charge in [0.15, 0.2) is 0 Å². The van der Waals surface area contributed by atoms with E-state index in [1.165, 1.54) is 44.5 Å². The average Bonchev–Trinajstić information content (AvgIpc) is 2.69. The van der Waals surface area contributed by atoms with Gasteiger partial charge in [-0.15, -0.1) is 0 Å². The zero-order chi connectivity index (χ0) is 13.9. The van der Waals surface area contributed by atoms with E-state index in [1.54, 1.807) is 7.11 Å². The lowest BCUT2D eigenvalue weighted by atomic mass is 10.0. The molecule has 0 saturated carbocycles. The first-order valence-corrected chi connectivity index (χ1v) is 7.60. The van der Waals surface area contributed by atoms with E-state index in [2.05, 4.69) is 9.80 Å². The van der Waals surface area contributed by atoms with Crippen LogP contribution in [0.1, 0.15) is 25.7 Å². The molecule has 2 fully saturated rings. The Hall–Kier alpha value is -1.29. The van der Waals surface area contributed by atoms with Gasteiger partial charge in [0.25, 0.3) is 0 Å². The van der Waals surface area contributed by atoms with Crippen LogP contribution in [0.2, 0.25) is 0 Å². The molecule has 20 heavy (non-hydrogen) atoms. The smallest absolute Gasteiger partial charge is 0.145 e. The van der Waals surface area contributed by atoms with Gasteiger partial charge in [-0.05, 0) is 37.9 Å². The number of nitrogens with zero attached hydrogens (tertiary/aromatic N) is 2. The van der Waals surface area contributed by atoms with Crippen molar-refractivity contribution in [1.29, 1.82) is 0 Å². The topological polar surface area (TPSA) is 15.7 Å². The molecule has 110 valence electrons. The van der Waals surface area contributed by atoms with Crippen LogP contribution in [0.5, 0.6) is 5.75 Å². The third-order valence-corrected chi connectivity index (χ3v) is 4.54. The van der Waals surface area contributed by atoms with Gasteiger partial charge in [0, 0.05) is 31.7 Å². The van der Waals surface area contributed by atoms with Crippen molar-refractivity contribution in [3.8, 4) is 5.75 Å². The molecule has 2 saturated heterocycles. The minimum Gasteiger partial charge on any atom is -0.494 e. The summed E-state index contributed by atoms with van der Waals surface area (Å²) in [5.41, 5.74) is 1.03. The summed E-state index contributed by atoms with van der Waals surface area (Å²) in [6.45, 7) is 4.47. The van der Waals surface area contributed by atoms with E-state index in [0.717, 1.165) is 25.2 Å². The van der Waals surface area contributed by atoms with Crippen LogP contribution in [0, 0.1) is 5.82 Å². The van der Waals surface area contributed by atoms with Crippen molar-refractivity contribution in [2.75, 3.05) is 38.2 Å². The van der Waals surface area contributed by atoms with Crippen molar-refractivity contribution in [3.05, 3.63) is 24.0 Å². The Morgan fingerprint density at radius 3 is 2.85 bits per heavy atom. The molecule has 0 bridgehead atoms. The maximum Gasteiger partial charge on any atom is 0.145 e. The Labute approximate surface area is 120 Å². The molecule has 0 aliphatic carbocycles. The standard InChI is InChI=1S/C16H23FN2O/c1-20-16-11-13(17)6-7-15(16)19-10-4-9-18-8-3-2-5-14(18)12-19/h6-7,11,14H,2-5,8-10,12H2,1H3. The molecule has 0 spiro atoms. The van der Waals surface area contributed by atoms with Gasteiger partial charge in [-0.3, -0.25) is 4.90 Å². The molecule has 1 atom stereocenters. The number of hydrogen-bond donors (Lipinski definition) is 0. The van der Waals surface area contributed by atoms with Crippen LogP contribution < -0.4 is 9.64 Å². The number of piperidine rings is 1. The third kappa shape index (κ3) is 2.75. The number of hydrogen-bond acceptors (Lipinski definition) is 3. The fourth-order valence-electron chi connectivity index (χ4n) is 3.50. The molecule has 1 aromatic rings.